The van der Waals surface area contributed by atoms with Crippen molar-refractivity contribution in [2.75, 3.05) is 0 Å². The average Bonchev–Trinajstić information content (AvgIpc) is 2.53. The largest absolute Gasteiger partial charge is 0.315 e. The number of nitrogens with one attached hydrogen (secondary N) is 1. The maximum Gasteiger partial charge on any atom is 0.0779 e. The molecule has 0 amide bonds. The van der Waals surface area contributed by atoms with Crippen LogP contribution in [0.4, 0.5) is 0 Å². The molecule has 3 rings (SSSR count). The summed E-state index contributed by atoms with van der Waals surface area (Å²) in [6.45, 7) is 0. The molecule has 1 fully saturated rings. The molecule has 1 saturated carbocycles. The maximum absolute atomic E-state index is 7.51. The molecule has 0 radical (unpaired) electrons. The molecule has 0 saturated heterocycles. The number of benzene rings is 2. The van der Waals surface area contributed by atoms with Crippen LogP contribution in [0.25, 0.3) is 10.8 Å². The Labute approximate surface area is 125 Å². The maximum atomic E-state index is 7.51. The van der Waals surface area contributed by atoms with Crippen molar-refractivity contribution in [2.24, 2.45) is 5.73 Å². The molecule has 0 bridgehead atoms. The summed E-state index contributed by atoms with van der Waals surface area (Å²) in [6, 6.07) is 12.1. The average molecular weight is 276 g/mol. The van der Waals surface area contributed by atoms with Crippen LogP contribution in [0.3, 0.4) is 0 Å². The summed E-state index contributed by atoms with van der Waals surface area (Å²) in [4.78, 5) is 0. The molecule has 1 aliphatic carbocycles. The van der Waals surface area contributed by atoms with E-state index in [0.29, 0.717) is 0 Å². The molecule has 1 aliphatic rings. The summed E-state index contributed by atoms with van der Waals surface area (Å²) in [5.74, 6) is 6.61. The Kier molecular flexibility index (Phi) is 3.77. The second kappa shape index (κ2) is 5.71. The quantitative estimate of drug-likeness (QED) is 0.603. The second-order valence-corrected chi connectivity index (χ2v) is 5.86. The van der Waals surface area contributed by atoms with E-state index in [-0.39, 0.29) is 5.54 Å². The van der Waals surface area contributed by atoms with Gasteiger partial charge in [-0.25, -0.2) is 0 Å². The Balaban J connectivity index is 2.04. The SMILES string of the molecule is N=Cc1ccc(C#CC2(N)CCCCC2)c2ccccc12. The zero-order valence-electron chi connectivity index (χ0n) is 12.2. The number of hydrogen-bond acceptors (Lipinski definition) is 2. The minimum atomic E-state index is -0.320. The molecule has 2 nitrogen and oxygen atoms in total. The zero-order valence-corrected chi connectivity index (χ0v) is 12.2. The fraction of sp³-hybridized carbons (Fsp3) is 0.316. The number of nitrogens with two attached hydrogens (primary N) is 1. The molecule has 0 heterocycles. The van der Waals surface area contributed by atoms with E-state index in [1.807, 2.05) is 30.3 Å². The standard InChI is InChI=1S/C19H20N2/c20-14-16-9-8-15(17-6-2-3-7-18(16)17)10-13-19(21)11-4-1-5-12-19/h2-3,6-9,14,20H,1,4-5,11-12,21H2. The summed E-state index contributed by atoms with van der Waals surface area (Å²) in [5.41, 5.74) is 8.01. The molecular formula is C19H20N2. The zero-order chi connectivity index (χ0) is 14.7. The van der Waals surface area contributed by atoms with Crippen molar-refractivity contribution in [3.05, 3.63) is 47.5 Å². The first-order valence-corrected chi connectivity index (χ1v) is 7.56. The highest BCUT2D eigenvalue weighted by atomic mass is 14.7. The fourth-order valence-corrected chi connectivity index (χ4v) is 3.06. The van der Waals surface area contributed by atoms with E-state index in [2.05, 4.69) is 17.9 Å². The van der Waals surface area contributed by atoms with Gasteiger partial charge in [0.2, 0.25) is 0 Å². The van der Waals surface area contributed by atoms with Gasteiger partial charge in [-0.2, -0.15) is 0 Å². The van der Waals surface area contributed by atoms with Crippen molar-refractivity contribution < 1.29 is 0 Å². The Morgan fingerprint density at radius 1 is 1.00 bits per heavy atom. The van der Waals surface area contributed by atoms with Crippen molar-refractivity contribution in [1.82, 2.24) is 0 Å². The molecule has 3 N–H and O–H groups in total. The van der Waals surface area contributed by atoms with E-state index in [4.69, 9.17) is 11.1 Å². The van der Waals surface area contributed by atoms with E-state index >= 15 is 0 Å². The molecule has 2 aromatic carbocycles. The van der Waals surface area contributed by atoms with E-state index in [9.17, 15) is 0 Å². The third kappa shape index (κ3) is 2.84. The molecule has 2 aromatic rings. The first-order valence-electron chi connectivity index (χ1n) is 7.56. The molecule has 106 valence electrons. The second-order valence-electron chi connectivity index (χ2n) is 5.86. The first kappa shape index (κ1) is 13.9. The highest BCUT2D eigenvalue weighted by Crippen LogP contribution is 2.26. The van der Waals surface area contributed by atoms with Gasteiger partial charge < -0.3 is 11.1 Å². The first-order chi connectivity index (χ1) is 10.2. The van der Waals surface area contributed by atoms with Crippen molar-refractivity contribution in [3.63, 3.8) is 0 Å². The molecule has 0 unspecified atom stereocenters. The van der Waals surface area contributed by atoms with Gasteiger partial charge in [0.05, 0.1) is 5.54 Å². The van der Waals surface area contributed by atoms with Gasteiger partial charge in [0, 0.05) is 11.8 Å². The lowest BCUT2D eigenvalue weighted by atomic mass is 9.83. The van der Waals surface area contributed by atoms with Crippen molar-refractivity contribution >= 4 is 17.0 Å². The smallest absolute Gasteiger partial charge is 0.0779 e. The van der Waals surface area contributed by atoms with Crippen LogP contribution in [0.15, 0.2) is 36.4 Å². The summed E-state index contributed by atoms with van der Waals surface area (Å²) in [5, 5.41) is 9.69. The van der Waals surface area contributed by atoms with Crippen LogP contribution in [0.1, 0.15) is 43.2 Å². The van der Waals surface area contributed by atoms with Gasteiger partial charge in [0.25, 0.3) is 0 Å². The number of fused-ring (bicyclic) bond motifs is 1. The van der Waals surface area contributed by atoms with Gasteiger partial charge in [-0.05, 0) is 35.2 Å². The van der Waals surface area contributed by atoms with Crippen LogP contribution < -0.4 is 5.73 Å². The van der Waals surface area contributed by atoms with E-state index in [1.54, 1.807) is 0 Å². The van der Waals surface area contributed by atoms with E-state index < -0.39 is 0 Å². The topological polar surface area (TPSA) is 49.9 Å². The molecule has 21 heavy (non-hydrogen) atoms. The summed E-state index contributed by atoms with van der Waals surface area (Å²) in [7, 11) is 0. The number of rotatable bonds is 1. The molecule has 2 heteroatoms. The minimum Gasteiger partial charge on any atom is -0.315 e. The third-order valence-electron chi connectivity index (χ3n) is 4.31. The van der Waals surface area contributed by atoms with Gasteiger partial charge in [0.15, 0.2) is 0 Å². The highest BCUT2D eigenvalue weighted by molar-refractivity contribution is 6.01. The summed E-state index contributed by atoms with van der Waals surface area (Å²) < 4.78 is 0. The molecule has 0 spiro atoms. The van der Waals surface area contributed by atoms with Gasteiger partial charge in [-0.1, -0.05) is 61.4 Å². The Morgan fingerprint density at radius 3 is 2.43 bits per heavy atom. The Morgan fingerprint density at radius 2 is 1.71 bits per heavy atom. The Bertz CT molecular complexity index is 728. The predicted octanol–water partition coefficient (Wildman–Crippen LogP) is 3.85. The van der Waals surface area contributed by atoms with Gasteiger partial charge in [0.1, 0.15) is 0 Å². The van der Waals surface area contributed by atoms with E-state index in [0.717, 1.165) is 34.7 Å². The van der Waals surface area contributed by atoms with Crippen molar-refractivity contribution in [1.29, 1.82) is 5.41 Å². The lowest BCUT2D eigenvalue weighted by Crippen LogP contribution is -2.40. The van der Waals surface area contributed by atoms with Gasteiger partial charge in [-0.15, -0.1) is 0 Å². The molecule has 0 aliphatic heterocycles. The molecule has 0 atom stereocenters. The van der Waals surface area contributed by atoms with Crippen molar-refractivity contribution in [3.8, 4) is 11.8 Å². The van der Waals surface area contributed by atoms with Crippen LogP contribution in [-0.2, 0) is 0 Å². The highest BCUT2D eigenvalue weighted by Gasteiger charge is 2.24. The van der Waals surface area contributed by atoms with E-state index in [1.165, 1.54) is 25.5 Å². The van der Waals surface area contributed by atoms with Crippen LogP contribution in [-0.4, -0.2) is 11.8 Å². The normalized spacial score (nSPS) is 17.0. The van der Waals surface area contributed by atoms with Crippen LogP contribution in [0.5, 0.6) is 0 Å². The Hall–Kier alpha value is -2.11. The van der Waals surface area contributed by atoms with Crippen LogP contribution in [0.2, 0.25) is 0 Å². The third-order valence-corrected chi connectivity index (χ3v) is 4.31. The number of hydrogen-bond donors (Lipinski definition) is 2. The van der Waals surface area contributed by atoms with Gasteiger partial charge >= 0.3 is 0 Å². The molecular weight excluding hydrogens is 256 g/mol. The lowest BCUT2D eigenvalue weighted by Gasteiger charge is -2.27. The molecule has 0 aromatic heterocycles. The summed E-state index contributed by atoms with van der Waals surface area (Å²) in [6.07, 6.45) is 7.02. The predicted molar refractivity (Wildman–Crippen MR) is 88.7 cm³/mol. The fourth-order valence-electron chi connectivity index (χ4n) is 3.06. The summed E-state index contributed by atoms with van der Waals surface area (Å²) >= 11 is 0. The van der Waals surface area contributed by atoms with Crippen LogP contribution >= 0.6 is 0 Å². The van der Waals surface area contributed by atoms with Gasteiger partial charge in [-0.3, -0.25) is 0 Å². The minimum absolute atomic E-state index is 0.320. The van der Waals surface area contributed by atoms with Crippen LogP contribution in [0, 0.1) is 17.3 Å². The lowest BCUT2D eigenvalue weighted by molar-refractivity contribution is 0.370. The monoisotopic (exact) mass is 276 g/mol. The van der Waals surface area contributed by atoms with Crippen molar-refractivity contribution in [2.45, 2.75) is 37.6 Å².